The Labute approximate surface area is 111 Å². The molecule has 0 aromatic carbocycles. The van der Waals surface area contributed by atoms with E-state index in [2.05, 4.69) is 37.9 Å². The van der Waals surface area contributed by atoms with Crippen LogP contribution in [0.5, 0.6) is 0 Å². The summed E-state index contributed by atoms with van der Waals surface area (Å²) in [5, 5.41) is 3.59. The molecule has 2 aliphatic rings. The van der Waals surface area contributed by atoms with E-state index >= 15 is 0 Å². The Morgan fingerprint density at radius 1 is 1.28 bits per heavy atom. The van der Waals surface area contributed by atoms with Crippen LogP contribution in [0.4, 0.5) is 0 Å². The second-order valence-electron chi connectivity index (χ2n) is 6.93. The Bertz CT molecular complexity index is 400. The normalized spacial score (nSPS) is 37.9. The lowest BCUT2D eigenvalue weighted by molar-refractivity contribution is 0.0655. The molecular formula is C13H26N2O2S. The van der Waals surface area contributed by atoms with Gasteiger partial charge in [-0.05, 0) is 18.8 Å². The molecule has 18 heavy (non-hydrogen) atoms. The van der Waals surface area contributed by atoms with Gasteiger partial charge in [0.05, 0.1) is 11.5 Å². The fraction of sp³-hybridized carbons (Fsp3) is 1.00. The number of sulfone groups is 1. The molecule has 5 heteroatoms. The van der Waals surface area contributed by atoms with Crippen LogP contribution in [0.2, 0.25) is 0 Å². The highest BCUT2D eigenvalue weighted by Gasteiger charge is 2.39. The minimum atomic E-state index is -2.78. The molecule has 0 saturated carbocycles. The molecule has 3 unspecified atom stereocenters. The van der Waals surface area contributed by atoms with Crippen LogP contribution in [0.1, 0.15) is 34.1 Å². The second-order valence-corrected chi connectivity index (χ2v) is 9.16. The van der Waals surface area contributed by atoms with Crippen LogP contribution in [0.3, 0.4) is 0 Å². The van der Waals surface area contributed by atoms with Gasteiger partial charge in [0.25, 0.3) is 0 Å². The molecule has 2 rings (SSSR count). The smallest absolute Gasteiger partial charge is 0.151 e. The van der Waals surface area contributed by atoms with Crippen molar-refractivity contribution in [3.8, 4) is 0 Å². The summed E-state index contributed by atoms with van der Waals surface area (Å²) in [5.74, 6) is 0.725. The first-order valence-corrected chi connectivity index (χ1v) is 8.71. The third-order valence-electron chi connectivity index (χ3n) is 4.34. The maximum absolute atomic E-state index is 11.6. The van der Waals surface area contributed by atoms with Crippen molar-refractivity contribution in [2.45, 2.75) is 52.2 Å². The van der Waals surface area contributed by atoms with Crippen molar-refractivity contribution in [3.05, 3.63) is 0 Å². The van der Waals surface area contributed by atoms with E-state index in [1.165, 1.54) is 0 Å². The monoisotopic (exact) mass is 274 g/mol. The fourth-order valence-electron chi connectivity index (χ4n) is 3.01. The molecule has 0 amide bonds. The molecule has 0 aromatic heterocycles. The number of rotatable bonds is 1. The Hall–Kier alpha value is -0.130. The van der Waals surface area contributed by atoms with Crippen LogP contribution in [0.25, 0.3) is 0 Å². The van der Waals surface area contributed by atoms with Gasteiger partial charge in [-0.3, -0.25) is 4.90 Å². The molecule has 0 aromatic rings. The lowest BCUT2D eigenvalue weighted by Crippen LogP contribution is -2.62. The van der Waals surface area contributed by atoms with Crippen molar-refractivity contribution < 1.29 is 8.42 Å². The molecule has 1 N–H and O–H groups in total. The third-order valence-corrected chi connectivity index (χ3v) is 6.09. The molecule has 3 atom stereocenters. The zero-order valence-corrected chi connectivity index (χ0v) is 12.8. The zero-order valence-electron chi connectivity index (χ0n) is 11.9. The quantitative estimate of drug-likeness (QED) is 0.771. The maximum atomic E-state index is 11.6. The number of nitrogens with one attached hydrogen (secondary N) is 1. The Morgan fingerprint density at radius 2 is 1.94 bits per heavy atom. The summed E-state index contributed by atoms with van der Waals surface area (Å²) < 4.78 is 23.3. The fourth-order valence-corrected chi connectivity index (χ4v) is 4.75. The predicted octanol–water partition coefficient (Wildman–Crippen LogP) is 0.882. The lowest BCUT2D eigenvalue weighted by atomic mass is 9.84. The van der Waals surface area contributed by atoms with Gasteiger partial charge in [0, 0.05) is 31.2 Å². The van der Waals surface area contributed by atoms with E-state index in [0.29, 0.717) is 23.6 Å². The minimum absolute atomic E-state index is 0.218. The molecule has 0 radical (unpaired) electrons. The lowest BCUT2D eigenvalue weighted by Gasteiger charge is -2.46. The number of nitrogens with zero attached hydrogens (tertiary/aromatic N) is 1. The van der Waals surface area contributed by atoms with E-state index in [-0.39, 0.29) is 11.5 Å². The second kappa shape index (κ2) is 4.76. The average Bonchev–Trinajstić information content (AvgIpc) is 2.57. The molecule has 0 bridgehead atoms. The molecule has 2 saturated heterocycles. The third kappa shape index (κ3) is 3.06. The van der Waals surface area contributed by atoms with Crippen LogP contribution in [0.15, 0.2) is 0 Å². The first-order chi connectivity index (χ1) is 8.19. The van der Waals surface area contributed by atoms with Crippen molar-refractivity contribution in [1.82, 2.24) is 10.2 Å². The molecule has 2 heterocycles. The van der Waals surface area contributed by atoms with Crippen molar-refractivity contribution in [2.75, 3.05) is 24.6 Å². The largest absolute Gasteiger partial charge is 0.311 e. The van der Waals surface area contributed by atoms with E-state index in [4.69, 9.17) is 0 Å². The summed E-state index contributed by atoms with van der Waals surface area (Å²) in [6, 6.07) is 1.11. The van der Waals surface area contributed by atoms with E-state index < -0.39 is 9.84 Å². The molecule has 4 nitrogen and oxygen atoms in total. The summed E-state index contributed by atoms with van der Waals surface area (Å²) in [4.78, 5) is 2.41. The zero-order chi connectivity index (χ0) is 13.6. The summed E-state index contributed by atoms with van der Waals surface area (Å²) in [6.45, 7) is 10.8. The highest BCUT2D eigenvalue weighted by Crippen LogP contribution is 2.27. The van der Waals surface area contributed by atoms with E-state index in [1.54, 1.807) is 0 Å². The van der Waals surface area contributed by atoms with Crippen LogP contribution in [-0.4, -0.2) is 56.0 Å². The average molecular weight is 274 g/mol. The van der Waals surface area contributed by atoms with Gasteiger partial charge in [-0.2, -0.15) is 0 Å². The highest BCUT2D eigenvalue weighted by molar-refractivity contribution is 7.91. The van der Waals surface area contributed by atoms with Crippen molar-refractivity contribution in [3.63, 3.8) is 0 Å². The van der Waals surface area contributed by atoms with Crippen molar-refractivity contribution in [1.29, 1.82) is 0 Å². The Balaban J connectivity index is 2.07. The van der Waals surface area contributed by atoms with E-state index in [9.17, 15) is 8.42 Å². The summed E-state index contributed by atoms with van der Waals surface area (Å²) >= 11 is 0. The van der Waals surface area contributed by atoms with Crippen LogP contribution in [-0.2, 0) is 9.84 Å². The number of hydrogen-bond donors (Lipinski definition) is 1. The Kier molecular flexibility index (Phi) is 3.78. The summed E-state index contributed by atoms with van der Waals surface area (Å²) in [5.41, 5.74) is 0.218. The minimum Gasteiger partial charge on any atom is -0.311 e. The topological polar surface area (TPSA) is 49.4 Å². The molecule has 2 fully saturated rings. The van der Waals surface area contributed by atoms with Gasteiger partial charge < -0.3 is 5.32 Å². The van der Waals surface area contributed by atoms with Gasteiger partial charge in [-0.1, -0.05) is 20.8 Å². The van der Waals surface area contributed by atoms with Crippen LogP contribution < -0.4 is 5.32 Å². The predicted molar refractivity (Wildman–Crippen MR) is 74.5 cm³/mol. The van der Waals surface area contributed by atoms with E-state index in [0.717, 1.165) is 19.5 Å². The van der Waals surface area contributed by atoms with E-state index in [1.807, 2.05) is 0 Å². The Morgan fingerprint density at radius 3 is 2.44 bits per heavy atom. The van der Waals surface area contributed by atoms with Crippen LogP contribution in [0, 0.1) is 5.41 Å². The van der Waals surface area contributed by atoms with Crippen molar-refractivity contribution in [2.24, 2.45) is 5.41 Å². The molecule has 2 aliphatic heterocycles. The standard InChI is InChI=1S/C13H26N2O2S/c1-10-7-14-12(13(2,3)4)8-15(10)11-5-6-18(16,17)9-11/h10-12,14H,5-9H2,1-4H3. The summed E-state index contributed by atoms with van der Waals surface area (Å²) in [7, 11) is -2.78. The van der Waals surface area contributed by atoms with Gasteiger partial charge in [-0.15, -0.1) is 0 Å². The van der Waals surface area contributed by atoms with Gasteiger partial charge >= 0.3 is 0 Å². The molecule has 0 spiro atoms. The molecular weight excluding hydrogens is 248 g/mol. The van der Waals surface area contributed by atoms with Gasteiger partial charge in [0.15, 0.2) is 9.84 Å². The van der Waals surface area contributed by atoms with Gasteiger partial charge in [-0.25, -0.2) is 8.42 Å². The van der Waals surface area contributed by atoms with Crippen molar-refractivity contribution >= 4 is 9.84 Å². The first kappa shape index (κ1) is 14.3. The van der Waals surface area contributed by atoms with Gasteiger partial charge in [0.1, 0.15) is 0 Å². The molecule has 106 valence electrons. The first-order valence-electron chi connectivity index (χ1n) is 6.88. The highest BCUT2D eigenvalue weighted by atomic mass is 32.2. The maximum Gasteiger partial charge on any atom is 0.151 e. The molecule has 0 aliphatic carbocycles. The van der Waals surface area contributed by atoms with Crippen LogP contribution >= 0.6 is 0 Å². The summed E-state index contributed by atoms with van der Waals surface area (Å²) in [6.07, 6.45) is 0.809. The number of hydrogen-bond acceptors (Lipinski definition) is 4. The SMILES string of the molecule is CC1CNC(C(C)(C)C)CN1C1CCS(=O)(=O)C1. The van der Waals surface area contributed by atoms with Gasteiger partial charge in [0.2, 0.25) is 0 Å². The number of piperazine rings is 1.